The number of aryl methyl sites for hydroxylation is 1. The minimum atomic E-state index is -3.43. The van der Waals surface area contributed by atoms with E-state index >= 15 is 0 Å². The summed E-state index contributed by atoms with van der Waals surface area (Å²) in [6.07, 6.45) is 3.82. The molecule has 0 spiro atoms. The molecule has 0 aromatic carbocycles. The van der Waals surface area contributed by atoms with Crippen LogP contribution in [0.25, 0.3) is 0 Å². The van der Waals surface area contributed by atoms with Gasteiger partial charge in [0.25, 0.3) is 0 Å². The van der Waals surface area contributed by atoms with E-state index in [0.717, 1.165) is 32.2 Å². The van der Waals surface area contributed by atoms with Gasteiger partial charge in [-0.05, 0) is 39.2 Å². The minimum absolute atomic E-state index is 0.186. The summed E-state index contributed by atoms with van der Waals surface area (Å²) in [5.41, 5.74) is 0. The van der Waals surface area contributed by atoms with Gasteiger partial charge >= 0.3 is 0 Å². The van der Waals surface area contributed by atoms with E-state index < -0.39 is 10.0 Å². The zero-order valence-corrected chi connectivity index (χ0v) is 14.0. The van der Waals surface area contributed by atoms with Crippen molar-refractivity contribution in [1.82, 2.24) is 9.62 Å². The van der Waals surface area contributed by atoms with E-state index in [4.69, 9.17) is 4.42 Å². The van der Waals surface area contributed by atoms with Crippen LogP contribution in [-0.2, 0) is 16.6 Å². The van der Waals surface area contributed by atoms with Crippen molar-refractivity contribution in [2.75, 3.05) is 13.1 Å². The third-order valence-corrected chi connectivity index (χ3v) is 5.69. The fourth-order valence-electron chi connectivity index (χ4n) is 2.46. The number of nitrogens with one attached hydrogen (secondary N) is 1. The summed E-state index contributed by atoms with van der Waals surface area (Å²) in [6, 6.07) is 1.86. The fraction of sp³-hybridized carbons (Fsp3) is 0.733. The van der Waals surface area contributed by atoms with Gasteiger partial charge in [0, 0.05) is 18.7 Å². The quantitative estimate of drug-likeness (QED) is 0.712. The molecule has 0 saturated heterocycles. The van der Waals surface area contributed by atoms with Crippen LogP contribution in [-0.4, -0.2) is 31.9 Å². The Morgan fingerprint density at radius 2 is 2.05 bits per heavy atom. The molecule has 21 heavy (non-hydrogen) atoms. The number of sulfonamides is 1. The Labute approximate surface area is 127 Å². The van der Waals surface area contributed by atoms with Crippen LogP contribution in [0, 0.1) is 6.92 Å². The van der Waals surface area contributed by atoms with Crippen molar-refractivity contribution in [3.63, 3.8) is 0 Å². The summed E-state index contributed by atoms with van der Waals surface area (Å²) in [5, 5.41) is 3.23. The second-order valence-electron chi connectivity index (χ2n) is 5.66. The molecule has 0 unspecified atom stereocenters. The van der Waals surface area contributed by atoms with Gasteiger partial charge in [-0.15, -0.1) is 0 Å². The van der Waals surface area contributed by atoms with E-state index in [0.29, 0.717) is 29.5 Å². The molecule has 0 amide bonds. The van der Waals surface area contributed by atoms with Gasteiger partial charge in [-0.25, -0.2) is 8.42 Å². The molecule has 1 aromatic heterocycles. The summed E-state index contributed by atoms with van der Waals surface area (Å²) in [4.78, 5) is 0.330. The predicted molar refractivity (Wildman–Crippen MR) is 82.6 cm³/mol. The zero-order valence-electron chi connectivity index (χ0n) is 13.2. The smallest absolute Gasteiger partial charge is 0.246 e. The Hall–Kier alpha value is -0.850. The van der Waals surface area contributed by atoms with E-state index in [1.807, 2.05) is 6.92 Å². The van der Waals surface area contributed by atoms with Crippen LogP contribution >= 0.6 is 0 Å². The summed E-state index contributed by atoms with van der Waals surface area (Å²) in [7, 11) is -3.43. The molecule has 120 valence electrons. The maximum Gasteiger partial charge on any atom is 0.246 e. The summed E-state index contributed by atoms with van der Waals surface area (Å²) < 4.78 is 32.9. The second kappa shape index (κ2) is 6.94. The lowest BCUT2D eigenvalue weighted by atomic mass is 10.4. The van der Waals surface area contributed by atoms with Crippen LogP contribution in [0.15, 0.2) is 15.4 Å². The van der Waals surface area contributed by atoms with Crippen molar-refractivity contribution in [3.8, 4) is 0 Å². The first-order valence-corrected chi connectivity index (χ1v) is 9.26. The number of hydrogen-bond acceptors (Lipinski definition) is 4. The van der Waals surface area contributed by atoms with Crippen LogP contribution in [0.2, 0.25) is 0 Å². The molecule has 1 aliphatic carbocycles. The molecule has 6 heteroatoms. The molecule has 1 aromatic rings. The normalized spacial score (nSPS) is 15.8. The van der Waals surface area contributed by atoms with Crippen LogP contribution in [0.3, 0.4) is 0 Å². The fourth-order valence-corrected chi connectivity index (χ4v) is 4.43. The molecular weight excluding hydrogens is 288 g/mol. The Balaban J connectivity index is 2.18. The number of furan rings is 1. The molecule has 0 atom stereocenters. The number of rotatable bonds is 9. The lowest BCUT2D eigenvalue weighted by Crippen LogP contribution is -2.34. The molecule has 1 fully saturated rings. The van der Waals surface area contributed by atoms with Gasteiger partial charge in [0.15, 0.2) is 0 Å². The van der Waals surface area contributed by atoms with Crippen molar-refractivity contribution in [2.45, 2.75) is 63.9 Å². The summed E-state index contributed by atoms with van der Waals surface area (Å²) in [6.45, 7) is 7.88. The highest BCUT2D eigenvalue weighted by atomic mass is 32.2. The van der Waals surface area contributed by atoms with Crippen molar-refractivity contribution in [3.05, 3.63) is 17.6 Å². The van der Waals surface area contributed by atoms with Crippen molar-refractivity contribution >= 4 is 10.0 Å². The highest BCUT2D eigenvalue weighted by molar-refractivity contribution is 7.89. The van der Waals surface area contributed by atoms with E-state index in [1.54, 1.807) is 17.3 Å². The Morgan fingerprint density at radius 1 is 1.33 bits per heavy atom. The topological polar surface area (TPSA) is 62.6 Å². The number of hydrogen-bond donors (Lipinski definition) is 1. The largest absolute Gasteiger partial charge is 0.464 e. The zero-order chi connectivity index (χ0) is 15.5. The lowest BCUT2D eigenvalue weighted by Gasteiger charge is -2.20. The van der Waals surface area contributed by atoms with Crippen LogP contribution < -0.4 is 5.32 Å². The molecule has 1 aliphatic rings. The maximum absolute atomic E-state index is 12.8. The Kier molecular flexibility index (Phi) is 5.46. The molecule has 0 radical (unpaired) electrons. The molecule has 5 nitrogen and oxygen atoms in total. The average Bonchev–Trinajstić information content (AvgIpc) is 3.19. The molecule has 0 aliphatic heterocycles. The third kappa shape index (κ3) is 3.87. The van der Waals surface area contributed by atoms with Gasteiger partial charge in [0.2, 0.25) is 10.0 Å². The lowest BCUT2D eigenvalue weighted by molar-refractivity contribution is 0.400. The van der Waals surface area contributed by atoms with E-state index in [1.165, 1.54) is 0 Å². The molecule has 1 saturated carbocycles. The second-order valence-corrected chi connectivity index (χ2v) is 7.52. The predicted octanol–water partition coefficient (Wildman–Crippen LogP) is 2.65. The van der Waals surface area contributed by atoms with Gasteiger partial charge in [0.1, 0.15) is 16.4 Å². The molecule has 2 rings (SSSR count). The first-order chi connectivity index (χ1) is 10.0. The first kappa shape index (κ1) is 16.5. The molecule has 1 heterocycles. The van der Waals surface area contributed by atoms with Crippen molar-refractivity contribution < 1.29 is 12.8 Å². The SMILES string of the molecule is CCCNCc1cc(S(=O)(=O)N(CCC)C2CC2)c(C)o1. The Morgan fingerprint density at radius 3 is 2.62 bits per heavy atom. The van der Waals surface area contributed by atoms with E-state index in [-0.39, 0.29) is 6.04 Å². The molecule has 1 N–H and O–H groups in total. The van der Waals surface area contributed by atoms with Gasteiger partial charge < -0.3 is 9.73 Å². The standard InChI is InChI=1S/C15H26N2O3S/c1-4-8-16-11-14-10-15(12(3)20-14)21(18,19)17(9-5-2)13-6-7-13/h10,13,16H,4-9,11H2,1-3H3. The van der Waals surface area contributed by atoms with Crippen LogP contribution in [0.4, 0.5) is 0 Å². The highest BCUT2D eigenvalue weighted by Gasteiger charge is 2.38. The first-order valence-electron chi connectivity index (χ1n) is 7.82. The van der Waals surface area contributed by atoms with Crippen LogP contribution in [0.1, 0.15) is 51.1 Å². The highest BCUT2D eigenvalue weighted by Crippen LogP contribution is 2.33. The van der Waals surface area contributed by atoms with Crippen molar-refractivity contribution in [1.29, 1.82) is 0 Å². The molecular formula is C15H26N2O3S. The van der Waals surface area contributed by atoms with Gasteiger partial charge in [-0.2, -0.15) is 4.31 Å². The third-order valence-electron chi connectivity index (χ3n) is 3.63. The molecule has 0 bridgehead atoms. The summed E-state index contributed by atoms with van der Waals surface area (Å²) in [5.74, 6) is 1.18. The van der Waals surface area contributed by atoms with Crippen molar-refractivity contribution in [2.24, 2.45) is 0 Å². The monoisotopic (exact) mass is 314 g/mol. The number of nitrogens with zero attached hydrogens (tertiary/aromatic N) is 1. The van der Waals surface area contributed by atoms with Gasteiger partial charge in [-0.3, -0.25) is 0 Å². The Bertz CT molecular complexity index is 561. The average molecular weight is 314 g/mol. The summed E-state index contributed by atoms with van der Waals surface area (Å²) >= 11 is 0. The van der Waals surface area contributed by atoms with Gasteiger partial charge in [0.05, 0.1) is 6.54 Å². The minimum Gasteiger partial charge on any atom is -0.464 e. The van der Waals surface area contributed by atoms with Crippen LogP contribution in [0.5, 0.6) is 0 Å². The van der Waals surface area contributed by atoms with E-state index in [2.05, 4.69) is 12.2 Å². The van der Waals surface area contributed by atoms with E-state index in [9.17, 15) is 8.42 Å². The maximum atomic E-state index is 12.8. The van der Waals surface area contributed by atoms with Gasteiger partial charge in [-0.1, -0.05) is 13.8 Å².